The highest BCUT2D eigenvalue weighted by atomic mass is 35.5. The third-order valence-corrected chi connectivity index (χ3v) is 4.16. The number of nitro groups is 1. The average molecular weight is 392 g/mol. The Labute approximate surface area is 160 Å². The number of rotatable bonds is 5. The number of nitrogens with one attached hydrogen (secondary N) is 2. The molecule has 0 fully saturated rings. The fourth-order valence-electron chi connectivity index (χ4n) is 2.23. The summed E-state index contributed by atoms with van der Waals surface area (Å²) in [6.45, 7) is 5.32. The van der Waals surface area contributed by atoms with Crippen LogP contribution in [0.25, 0.3) is 0 Å². The Hall–Kier alpha value is -3.13. The lowest BCUT2D eigenvalue weighted by Gasteiger charge is -2.17. The summed E-state index contributed by atoms with van der Waals surface area (Å²) in [6, 6.07) is 9.08. The molecule has 2 rings (SSSR count). The molecule has 0 radical (unpaired) electrons. The summed E-state index contributed by atoms with van der Waals surface area (Å²) in [5, 5.41) is 11.2. The van der Waals surface area contributed by atoms with Crippen LogP contribution in [0.1, 0.15) is 28.4 Å². The minimum atomic E-state index is -0.897. The van der Waals surface area contributed by atoms with Crippen molar-refractivity contribution in [2.45, 2.75) is 26.9 Å². The highest BCUT2D eigenvalue weighted by molar-refractivity contribution is 6.31. The first-order valence-corrected chi connectivity index (χ1v) is 8.35. The number of carbonyl (C=O) groups is 2. The van der Waals surface area contributed by atoms with E-state index in [1.54, 1.807) is 6.07 Å². The Bertz CT molecular complexity index is 901. The largest absolute Gasteiger partial charge is 0.481 e. The van der Waals surface area contributed by atoms with E-state index in [1.165, 1.54) is 19.1 Å². The number of halogens is 1. The average Bonchev–Trinajstić information content (AvgIpc) is 2.62. The van der Waals surface area contributed by atoms with E-state index in [1.807, 2.05) is 26.0 Å². The van der Waals surface area contributed by atoms with Gasteiger partial charge in [-0.25, -0.2) is 0 Å². The third-order valence-electron chi connectivity index (χ3n) is 3.93. The summed E-state index contributed by atoms with van der Waals surface area (Å²) >= 11 is 5.71. The van der Waals surface area contributed by atoms with Gasteiger partial charge < -0.3 is 4.74 Å². The standard InChI is InChI=1S/C18H18ClN3O5/c1-10-5-4-6-16(11(10)2)27-12(3)17(23)20-21-18(24)14-8-7-13(19)9-15(14)22(25)26/h4-9,12H,1-3H3,(H,20,23)(H,21,24)/t12-/m1/s1. The van der Waals surface area contributed by atoms with Gasteiger partial charge in [0.15, 0.2) is 6.10 Å². The predicted molar refractivity (Wildman–Crippen MR) is 99.7 cm³/mol. The molecule has 27 heavy (non-hydrogen) atoms. The lowest BCUT2D eigenvalue weighted by molar-refractivity contribution is -0.385. The zero-order chi connectivity index (χ0) is 20.1. The summed E-state index contributed by atoms with van der Waals surface area (Å²) in [7, 11) is 0. The number of benzene rings is 2. The Morgan fingerprint density at radius 3 is 2.56 bits per heavy atom. The van der Waals surface area contributed by atoms with E-state index in [-0.39, 0.29) is 10.6 Å². The molecule has 2 aromatic carbocycles. The van der Waals surface area contributed by atoms with Crippen LogP contribution in [0.4, 0.5) is 5.69 Å². The van der Waals surface area contributed by atoms with Crippen molar-refractivity contribution >= 4 is 29.1 Å². The maximum absolute atomic E-state index is 12.2. The molecule has 0 saturated heterocycles. The lowest BCUT2D eigenvalue weighted by atomic mass is 10.1. The molecule has 0 bridgehead atoms. The first-order valence-electron chi connectivity index (χ1n) is 7.97. The minimum Gasteiger partial charge on any atom is -0.481 e. The van der Waals surface area contributed by atoms with E-state index in [2.05, 4.69) is 10.9 Å². The molecule has 0 aliphatic heterocycles. The number of aryl methyl sites for hydroxylation is 1. The van der Waals surface area contributed by atoms with Gasteiger partial charge in [0, 0.05) is 11.1 Å². The number of nitrogens with zero attached hydrogens (tertiary/aromatic N) is 1. The van der Waals surface area contributed by atoms with Crippen LogP contribution in [0.5, 0.6) is 5.75 Å². The van der Waals surface area contributed by atoms with Gasteiger partial charge in [-0.3, -0.25) is 30.6 Å². The third kappa shape index (κ3) is 4.95. The van der Waals surface area contributed by atoms with E-state index in [0.717, 1.165) is 17.2 Å². The van der Waals surface area contributed by atoms with Crippen molar-refractivity contribution in [3.05, 3.63) is 68.2 Å². The monoisotopic (exact) mass is 391 g/mol. The van der Waals surface area contributed by atoms with Crippen molar-refractivity contribution in [2.24, 2.45) is 0 Å². The van der Waals surface area contributed by atoms with Gasteiger partial charge in [0.2, 0.25) is 0 Å². The Morgan fingerprint density at radius 1 is 1.19 bits per heavy atom. The van der Waals surface area contributed by atoms with Gasteiger partial charge >= 0.3 is 0 Å². The van der Waals surface area contributed by atoms with Crippen LogP contribution >= 0.6 is 11.6 Å². The smallest absolute Gasteiger partial charge is 0.283 e. The Kier molecular flexibility index (Phi) is 6.36. The molecular weight excluding hydrogens is 374 g/mol. The van der Waals surface area contributed by atoms with E-state index in [0.29, 0.717) is 5.75 Å². The van der Waals surface area contributed by atoms with Crippen molar-refractivity contribution in [1.29, 1.82) is 0 Å². The summed E-state index contributed by atoms with van der Waals surface area (Å²) in [6.07, 6.45) is -0.897. The number of hydrogen-bond donors (Lipinski definition) is 2. The van der Waals surface area contributed by atoms with Gasteiger partial charge in [-0.2, -0.15) is 0 Å². The molecule has 2 amide bonds. The molecule has 0 heterocycles. The number of ether oxygens (including phenoxy) is 1. The molecular formula is C18H18ClN3O5. The zero-order valence-corrected chi connectivity index (χ0v) is 15.7. The van der Waals surface area contributed by atoms with Crippen LogP contribution < -0.4 is 15.6 Å². The van der Waals surface area contributed by atoms with Gasteiger partial charge in [0.1, 0.15) is 11.3 Å². The van der Waals surface area contributed by atoms with Crippen LogP contribution in [-0.2, 0) is 4.79 Å². The van der Waals surface area contributed by atoms with Gasteiger partial charge in [-0.1, -0.05) is 23.7 Å². The molecule has 1 atom stereocenters. The molecule has 2 N–H and O–H groups in total. The van der Waals surface area contributed by atoms with Crippen molar-refractivity contribution in [2.75, 3.05) is 0 Å². The van der Waals surface area contributed by atoms with Crippen molar-refractivity contribution < 1.29 is 19.2 Å². The second-order valence-electron chi connectivity index (χ2n) is 5.82. The second kappa shape index (κ2) is 8.50. The van der Waals surface area contributed by atoms with Gasteiger partial charge in [-0.15, -0.1) is 0 Å². The van der Waals surface area contributed by atoms with Crippen LogP contribution in [0, 0.1) is 24.0 Å². The predicted octanol–water partition coefficient (Wildman–Crippen LogP) is 3.09. The van der Waals surface area contributed by atoms with E-state index < -0.39 is 28.5 Å². The van der Waals surface area contributed by atoms with E-state index in [9.17, 15) is 19.7 Å². The van der Waals surface area contributed by atoms with Crippen LogP contribution in [0.3, 0.4) is 0 Å². The molecule has 0 spiro atoms. The molecule has 0 unspecified atom stereocenters. The van der Waals surface area contributed by atoms with Crippen molar-refractivity contribution in [3.8, 4) is 5.75 Å². The summed E-state index contributed by atoms with van der Waals surface area (Å²) in [5.41, 5.74) is 5.56. The molecule has 0 aliphatic rings. The number of hydrogen-bond acceptors (Lipinski definition) is 5. The van der Waals surface area contributed by atoms with E-state index >= 15 is 0 Å². The summed E-state index contributed by atoms with van der Waals surface area (Å²) in [5.74, 6) is -0.899. The topological polar surface area (TPSA) is 111 Å². The Morgan fingerprint density at radius 2 is 1.89 bits per heavy atom. The molecule has 8 nitrogen and oxygen atoms in total. The quantitative estimate of drug-likeness (QED) is 0.601. The molecule has 0 aliphatic carbocycles. The summed E-state index contributed by atoms with van der Waals surface area (Å²) in [4.78, 5) is 34.6. The van der Waals surface area contributed by atoms with E-state index in [4.69, 9.17) is 16.3 Å². The van der Waals surface area contributed by atoms with Gasteiger partial charge in [0.25, 0.3) is 17.5 Å². The highest BCUT2D eigenvalue weighted by Gasteiger charge is 2.22. The molecule has 9 heteroatoms. The Balaban J connectivity index is 2.02. The fourth-order valence-corrected chi connectivity index (χ4v) is 2.40. The second-order valence-corrected chi connectivity index (χ2v) is 6.26. The molecule has 0 aromatic heterocycles. The summed E-state index contributed by atoms with van der Waals surface area (Å²) < 4.78 is 5.61. The number of carbonyl (C=O) groups excluding carboxylic acids is 2. The van der Waals surface area contributed by atoms with Crippen LogP contribution in [0.15, 0.2) is 36.4 Å². The first-order chi connectivity index (χ1) is 12.7. The molecule has 0 saturated carbocycles. The van der Waals surface area contributed by atoms with Crippen molar-refractivity contribution in [1.82, 2.24) is 10.9 Å². The zero-order valence-electron chi connectivity index (χ0n) is 14.9. The minimum absolute atomic E-state index is 0.123. The number of amides is 2. The van der Waals surface area contributed by atoms with Crippen LogP contribution in [0.2, 0.25) is 5.02 Å². The highest BCUT2D eigenvalue weighted by Crippen LogP contribution is 2.23. The number of nitro benzene ring substituents is 1. The normalized spacial score (nSPS) is 11.4. The molecule has 2 aromatic rings. The van der Waals surface area contributed by atoms with Gasteiger partial charge in [-0.05, 0) is 50.1 Å². The maximum Gasteiger partial charge on any atom is 0.283 e. The molecule has 142 valence electrons. The fraction of sp³-hybridized carbons (Fsp3) is 0.222. The SMILES string of the molecule is Cc1cccc(O[C@H](C)C(=O)NNC(=O)c2ccc(Cl)cc2[N+](=O)[O-])c1C. The lowest BCUT2D eigenvalue weighted by Crippen LogP contribution is -2.47. The van der Waals surface area contributed by atoms with Gasteiger partial charge in [0.05, 0.1) is 4.92 Å². The number of hydrazine groups is 1. The first kappa shape index (κ1) is 20.2. The maximum atomic E-state index is 12.2. The van der Waals surface area contributed by atoms with Crippen LogP contribution in [-0.4, -0.2) is 22.8 Å². The van der Waals surface area contributed by atoms with Crippen molar-refractivity contribution in [3.63, 3.8) is 0 Å².